The third-order valence-electron chi connectivity index (χ3n) is 0.0304. The Morgan fingerprint density at radius 3 is 1.44 bits per heavy atom. The lowest BCUT2D eigenvalue weighted by Gasteiger charge is -2.14. The van der Waals surface area contributed by atoms with E-state index in [-0.39, 0.29) is 0 Å². The standard InChI is InChI=1S/C4H12N.HNO3/c1-5(2,3)4;2-1-4-3/h1-4H3;3H/q+1;/p-1. The van der Waals surface area contributed by atoms with Crippen molar-refractivity contribution in [3.8, 4) is 0 Å². The van der Waals surface area contributed by atoms with Crippen molar-refractivity contribution in [3.05, 3.63) is 4.91 Å². The molecule has 0 aliphatic heterocycles. The Hall–Kier alpha value is -0.680. The summed E-state index contributed by atoms with van der Waals surface area (Å²) in [7, 11) is 8.50. The van der Waals surface area contributed by atoms with E-state index < -0.39 is 0 Å². The highest BCUT2D eigenvalue weighted by Gasteiger charge is 1.88. The van der Waals surface area contributed by atoms with Gasteiger partial charge < -0.3 is 14.7 Å². The Kier molecular flexibility index (Phi) is 6.77. The zero-order valence-corrected chi connectivity index (χ0v) is 6.12. The molecule has 0 unspecified atom stereocenters. The summed E-state index contributed by atoms with van der Waals surface area (Å²) in [6.07, 6.45) is 0. The summed E-state index contributed by atoms with van der Waals surface area (Å²) in [6, 6.07) is 0. The number of hydrogen-bond acceptors (Lipinski definition) is 4. The summed E-state index contributed by atoms with van der Waals surface area (Å²) in [5.74, 6) is 0. The van der Waals surface area contributed by atoms with E-state index in [4.69, 9.17) is 10.2 Å². The molecule has 0 aliphatic rings. The molecule has 9 heavy (non-hydrogen) atoms. The van der Waals surface area contributed by atoms with Gasteiger partial charge in [-0.25, -0.2) is 0 Å². The van der Waals surface area contributed by atoms with Crippen molar-refractivity contribution >= 4 is 0 Å². The van der Waals surface area contributed by atoms with Crippen LogP contribution in [0.1, 0.15) is 0 Å². The Morgan fingerprint density at radius 1 is 1.33 bits per heavy atom. The highest BCUT2D eigenvalue weighted by atomic mass is 17.2. The van der Waals surface area contributed by atoms with Crippen molar-refractivity contribution in [1.29, 1.82) is 0 Å². The zero-order chi connectivity index (χ0) is 7.91. The molecule has 0 N–H and O–H groups in total. The molecule has 0 rings (SSSR count). The van der Waals surface area contributed by atoms with Gasteiger partial charge in [0.15, 0.2) is 0 Å². The van der Waals surface area contributed by atoms with E-state index in [1.54, 1.807) is 0 Å². The minimum Gasteiger partial charge on any atom is -0.635 e. The third kappa shape index (κ3) is 2020. The second-order valence-electron chi connectivity index (χ2n) is 2.83. The lowest BCUT2D eigenvalue weighted by Crippen LogP contribution is -2.27. The minimum atomic E-state index is 1.00. The molecule has 0 heterocycles. The van der Waals surface area contributed by atoms with Crippen molar-refractivity contribution in [2.45, 2.75) is 0 Å². The van der Waals surface area contributed by atoms with Crippen molar-refractivity contribution in [2.75, 3.05) is 28.2 Å². The van der Waals surface area contributed by atoms with Crippen molar-refractivity contribution in [2.24, 2.45) is 5.34 Å². The number of rotatable bonds is 1. The van der Waals surface area contributed by atoms with Gasteiger partial charge in [0.25, 0.3) is 0 Å². The van der Waals surface area contributed by atoms with E-state index in [9.17, 15) is 0 Å². The molecule has 0 aromatic carbocycles. The summed E-state index contributed by atoms with van der Waals surface area (Å²) < 4.78 is 1.00. The van der Waals surface area contributed by atoms with E-state index in [1.807, 2.05) is 0 Å². The molecule has 0 saturated carbocycles. The largest absolute Gasteiger partial charge is 0.635 e. The summed E-state index contributed by atoms with van der Waals surface area (Å²) in [5.41, 5.74) is 0. The average Bonchev–Trinajstić information content (AvgIpc) is 1.61. The van der Waals surface area contributed by atoms with E-state index in [2.05, 4.69) is 33.2 Å². The first-order valence-corrected chi connectivity index (χ1v) is 2.32. The summed E-state index contributed by atoms with van der Waals surface area (Å²) in [6.45, 7) is 0. The van der Waals surface area contributed by atoms with Gasteiger partial charge in [-0.1, -0.05) is 0 Å². The van der Waals surface area contributed by atoms with Crippen molar-refractivity contribution < 1.29 is 14.7 Å². The van der Waals surface area contributed by atoms with Gasteiger partial charge in [0.2, 0.25) is 0 Å². The SMILES string of the molecule is C[N+](C)(C)C.O=NO[O-]. The second-order valence-corrected chi connectivity index (χ2v) is 2.83. The van der Waals surface area contributed by atoms with Crippen LogP contribution < -0.4 is 5.26 Å². The Morgan fingerprint density at radius 2 is 1.44 bits per heavy atom. The predicted molar refractivity (Wildman–Crippen MR) is 30.8 cm³/mol. The topological polar surface area (TPSA) is 61.7 Å². The van der Waals surface area contributed by atoms with Crippen LogP contribution in [0.4, 0.5) is 0 Å². The molecule has 5 nitrogen and oxygen atoms in total. The smallest absolute Gasteiger partial charge is 0.149 e. The fraction of sp³-hybridized carbons (Fsp3) is 1.00. The molecule has 0 bridgehead atoms. The van der Waals surface area contributed by atoms with E-state index in [1.165, 1.54) is 5.34 Å². The first kappa shape index (κ1) is 11.2. The summed E-state index contributed by atoms with van der Waals surface area (Å²) in [5, 5.41) is 9.75. The predicted octanol–water partition coefficient (Wildman–Crippen LogP) is -0.718. The first-order chi connectivity index (χ1) is 3.91. The number of quaternary nitrogens is 1. The molecule has 0 saturated heterocycles. The first-order valence-electron chi connectivity index (χ1n) is 2.32. The molecule has 5 heteroatoms. The second kappa shape index (κ2) is 5.46. The summed E-state index contributed by atoms with van der Waals surface area (Å²) in [4.78, 5) is 10.8. The molecule has 0 spiro atoms. The summed E-state index contributed by atoms with van der Waals surface area (Å²) >= 11 is 0. The maximum absolute atomic E-state index is 8.39. The Bertz CT molecular complexity index is 62.7. The maximum atomic E-state index is 8.39. The zero-order valence-electron chi connectivity index (χ0n) is 6.12. The van der Waals surface area contributed by atoms with Gasteiger partial charge in [-0.2, -0.15) is 0 Å². The van der Waals surface area contributed by atoms with Crippen LogP contribution >= 0.6 is 0 Å². The lowest BCUT2D eigenvalue weighted by atomic mass is 10.8. The van der Waals surface area contributed by atoms with E-state index >= 15 is 0 Å². The molecular formula is C4H12N2O3. The molecule has 0 fully saturated rings. The molecular weight excluding hydrogens is 124 g/mol. The highest BCUT2D eigenvalue weighted by molar-refractivity contribution is 3.87. The van der Waals surface area contributed by atoms with Crippen LogP contribution in [0.25, 0.3) is 0 Å². The molecule has 0 amide bonds. The Labute approximate surface area is 54.3 Å². The quantitative estimate of drug-likeness (QED) is 0.207. The van der Waals surface area contributed by atoms with Crippen LogP contribution in [0.5, 0.6) is 0 Å². The highest BCUT2D eigenvalue weighted by Crippen LogP contribution is 1.73. The van der Waals surface area contributed by atoms with Crippen LogP contribution in [-0.4, -0.2) is 32.7 Å². The molecule has 0 aromatic heterocycles. The van der Waals surface area contributed by atoms with Gasteiger partial charge >= 0.3 is 0 Å². The van der Waals surface area contributed by atoms with Crippen LogP contribution in [0.3, 0.4) is 0 Å². The third-order valence-corrected chi connectivity index (χ3v) is 0.0304. The van der Waals surface area contributed by atoms with Gasteiger partial charge in [-0.05, 0) is 0 Å². The van der Waals surface area contributed by atoms with Gasteiger partial charge in [-0.3, -0.25) is 0 Å². The Balaban J connectivity index is 0. The van der Waals surface area contributed by atoms with Crippen LogP contribution in [0, 0.1) is 4.91 Å². The van der Waals surface area contributed by atoms with E-state index in [0.29, 0.717) is 0 Å². The fourth-order valence-corrected chi connectivity index (χ4v) is 0. The van der Waals surface area contributed by atoms with Gasteiger partial charge in [-0.15, -0.1) is 4.91 Å². The van der Waals surface area contributed by atoms with E-state index in [0.717, 1.165) is 4.48 Å². The molecule has 0 aliphatic carbocycles. The number of hydrogen-bond donors (Lipinski definition) is 0. The normalized spacial score (nSPS) is 9.00. The van der Waals surface area contributed by atoms with Gasteiger partial charge in [0.05, 0.1) is 28.2 Å². The van der Waals surface area contributed by atoms with Crippen molar-refractivity contribution in [1.82, 2.24) is 0 Å². The molecule has 0 aromatic rings. The minimum absolute atomic E-state index is 1.00. The van der Waals surface area contributed by atoms with Crippen LogP contribution in [0.15, 0.2) is 5.34 Å². The van der Waals surface area contributed by atoms with Gasteiger partial charge in [0.1, 0.15) is 5.34 Å². The number of nitrogens with zero attached hydrogens (tertiary/aromatic N) is 2. The molecule has 56 valence electrons. The average molecular weight is 136 g/mol. The monoisotopic (exact) mass is 136 g/mol. The molecule has 0 atom stereocenters. The molecule has 0 radical (unpaired) electrons. The fourth-order valence-electron chi connectivity index (χ4n) is 0. The van der Waals surface area contributed by atoms with Crippen LogP contribution in [-0.2, 0) is 4.99 Å². The lowest BCUT2D eigenvalue weighted by molar-refractivity contribution is -0.849. The van der Waals surface area contributed by atoms with Crippen molar-refractivity contribution in [3.63, 3.8) is 0 Å². The maximum Gasteiger partial charge on any atom is 0.149 e. The van der Waals surface area contributed by atoms with Crippen LogP contribution in [0.2, 0.25) is 0 Å². The van der Waals surface area contributed by atoms with Gasteiger partial charge in [0, 0.05) is 0 Å².